The molecular formula is C6H8N4. The molecular weight excluding hydrogens is 128 g/mol. The first kappa shape index (κ1) is 8.32. The summed E-state index contributed by atoms with van der Waals surface area (Å²) in [5.74, 6) is 0. The van der Waals surface area contributed by atoms with E-state index in [1.54, 1.807) is 0 Å². The SMILES string of the molecule is N#CC/C(N)=C(\N)CC#N. The Bertz CT molecular complexity index is 191. The molecule has 0 rings (SSSR count). The van der Waals surface area contributed by atoms with Crippen LogP contribution in [0.5, 0.6) is 0 Å². The molecule has 0 aromatic heterocycles. The smallest absolute Gasteiger partial charge is 0.0764 e. The Hall–Kier alpha value is -1.68. The van der Waals surface area contributed by atoms with E-state index in [9.17, 15) is 0 Å². The zero-order valence-corrected chi connectivity index (χ0v) is 5.46. The molecule has 0 saturated heterocycles. The second-order valence-corrected chi connectivity index (χ2v) is 1.72. The Balaban J connectivity index is 4.11. The van der Waals surface area contributed by atoms with Gasteiger partial charge >= 0.3 is 0 Å². The molecule has 0 unspecified atom stereocenters. The Morgan fingerprint density at radius 1 is 1.00 bits per heavy atom. The average Bonchev–Trinajstić information content (AvgIpc) is 1.89. The lowest BCUT2D eigenvalue weighted by molar-refractivity contribution is 1.04. The zero-order chi connectivity index (χ0) is 7.98. The molecule has 4 N–H and O–H groups in total. The molecule has 4 heteroatoms. The molecule has 0 atom stereocenters. The van der Waals surface area contributed by atoms with Gasteiger partial charge in [-0.15, -0.1) is 0 Å². The first-order chi connectivity index (χ1) is 4.72. The molecule has 0 aliphatic rings. The Morgan fingerprint density at radius 2 is 1.30 bits per heavy atom. The minimum absolute atomic E-state index is 0.0908. The quantitative estimate of drug-likeness (QED) is 0.555. The van der Waals surface area contributed by atoms with Crippen molar-refractivity contribution >= 4 is 0 Å². The molecule has 52 valence electrons. The summed E-state index contributed by atoms with van der Waals surface area (Å²) < 4.78 is 0. The van der Waals surface area contributed by atoms with Crippen LogP contribution in [0.15, 0.2) is 11.4 Å². The van der Waals surface area contributed by atoms with Crippen molar-refractivity contribution in [2.45, 2.75) is 12.8 Å². The van der Waals surface area contributed by atoms with Crippen LogP contribution in [0, 0.1) is 22.7 Å². The van der Waals surface area contributed by atoms with Crippen LogP contribution >= 0.6 is 0 Å². The van der Waals surface area contributed by atoms with Gasteiger partial charge in [0.15, 0.2) is 0 Å². The molecule has 4 nitrogen and oxygen atoms in total. The fourth-order valence-corrected chi connectivity index (χ4v) is 0.397. The van der Waals surface area contributed by atoms with Crippen molar-refractivity contribution in [3.63, 3.8) is 0 Å². The molecule has 0 radical (unpaired) electrons. The van der Waals surface area contributed by atoms with E-state index in [1.807, 2.05) is 12.1 Å². The molecule has 0 amide bonds. The van der Waals surface area contributed by atoms with Crippen LogP contribution in [0.3, 0.4) is 0 Å². The monoisotopic (exact) mass is 136 g/mol. The van der Waals surface area contributed by atoms with Gasteiger partial charge in [0, 0.05) is 11.4 Å². The van der Waals surface area contributed by atoms with Crippen molar-refractivity contribution in [2.24, 2.45) is 11.5 Å². The largest absolute Gasteiger partial charge is 0.400 e. The van der Waals surface area contributed by atoms with Gasteiger partial charge in [0.25, 0.3) is 0 Å². The van der Waals surface area contributed by atoms with Crippen molar-refractivity contribution in [3.05, 3.63) is 11.4 Å². The first-order valence-corrected chi connectivity index (χ1v) is 2.69. The fraction of sp³-hybridized carbons (Fsp3) is 0.333. The van der Waals surface area contributed by atoms with Crippen LogP contribution in [0.25, 0.3) is 0 Å². The second kappa shape index (κ2) is 4.22. The van der Waals surface area contributed by atoms with Gasteiger partial charge in [-0.2, -0.15) is 10.5 Å². The van der Waals surface area contributed by atoms with Gasteiger partial charge in [0.05, 0.1) is 25.0 Å². The van der Waals surface area contributed by atoms with Gasteiger partial charge in [-0.1, -0.05) is 0 Å². The number of nitriles is 2. The van der Waals surface area contributed by atoms with E-state index in [0.29, 0.717) is 11.4 Å². The lowest BCUT2D eigenvalue weighted by atomic mass is 10.2. The van der Waals surface area contributed by atoms with Gasteiger partial charge in [0.2, 0.25) is 0 Å². The predicted molar refractivity (Wildman–Crippen MR) is 35.9 cm³/mol. The van der Waals surface area contributed by atoms with Crippen LogP contribution in [0.1, 0.15) is 12.8 Å². The third-order valence-corrected chi connectivity index (χ3v) is 0.951. The van der Waals surface area contributed by atoms with E-state index < -0.39 is 0 Å². The first-order valence-electron chi connectivity index (χ1n) is 2.69. The topological polar surface area (TPSA) is 99.6 Å². The van der Waals surface area contributed by atoms with Crippen LogP contribution in [0.2, 0.25) is 0 Å². The highest BCUT2D eigenvalue weighted by molar-refractivity contribution is 5.14. The van der Waals surface area contributed by atoms with E-state index in [2.05, 4.69) is 0 Å². The lowest BCUT2D eigenvalue weighted by Crippen LogP contribution is -2.08. The van der Waals surface area contributed by atoms with Gasteiger partial charge in [-0.3, -0.25) is 0 Å². The zero-order valence-electron chi connectivity index (χ0n) is 5.46. The molecule has 0 aromatic carbocycles. The highest BCUT2D eigenvalue weighted by atomic mass is 14.7. The highest BCUT2D eigenvalue weighted by Gasteiger charge is 1.95. The maximum absolute atomic E-state index is 8.15. The molecule has 0 spiro atoms. The van der Waals surface area contributed by atoms with Crippen molar-refractivity contribution in [1.29, 1.82) is 10.5 Å². The number of rotatable bonds is 2. The predicted octanol–water partition coefficient (Wildman–Crippen LogP) is -0.0572. The van der Waals surface area contributed by atoms with E-state index in [0.717, 1.165) is 0 Å². The minimum atomic E-state index is 0.0908. The minimum Gasteiger partial charge on any atom is -0.400 e. The average molecular weight is 136 g/mol. The maximum atomic E-state index is 8.15. The standard InChI is InChI=1S/C6H8N4/c7-3-1-5(9)6(10)2-4-8/h1-2,9-10H2/b6-5+. The number of hydrogen-bond donors (Lipinski definition) is 2. The summed E-state index contributed by atoms with van der Waals surface area (Å²) in [6, 6.07) is 3.67. The molecule has 0 heterocycles. The number of nitrogens with zero attached hydrogens (tertiary/aromatic N) is 2. The second-order valence-electron chi connectivity index (χ2n) is 1.72. The van der Waals surface area contributed by atoms with Gasteiger partial charge in [0.1, 0.15) is 0 Å². The van der Waals surface area contributed by atoms with Crippen molar-refractivity contribution in [3.8, 4) is 12.1 Å². The van der Waals surface area contributed by atoms with Crippen LogP contribution in [0.4, 0.5) is 0 Å². The summed E-state index contributed by atoms with van der Waals surface area (Å²) in [5, 5.41) is 16.3. The molecule has 0 bridgehead atoms. The van der Waals surface area contributed by atoms with Crippen LogP contribution in [-0.4, -0.2) is 0 Å². The molecule has 0 aromatic rings. The lowest BCUT2D eigenvalue weighted by Gasteiger charge is -1.97. The summed E-state index contributed by atoms with van der Waals surface area (Å²) in [6.07, 6.45) is 0.182. The van der Waals surface area contributed by atoms with Gasteiger partial charge < -0.3 is 11.5 Å². The summed E-state index contributed by atoms with van der Waals surface area (Å²) in [7, 11) is 0. The molecule has 0 aliphatic carbocycles. The van der Waals surface area contributed by atoms with E-state index in [-0.39, 0.29) is 12.8 Å². The van der Waals surface area contributed by atoms with Gasteiger partial charge in [-0.25, -0.2) is 0 Å². The number of hydrogen-bond acceptors (Lipinski definition) is 4. The number of allylic oxidation sites excluding steroid dienone is 2. The number of nitrogens with two attached hydrogens (primary N) is 2. The normalized spacial score (nSPS) is 11.0. The fourth-order valence-electron chi connectivity index (χ4n) is 0.397. The van der Waals surface area contributed by atoms with Crippen LogP contribution < -0.4 is 11.5 Å². The molecule has 0 saturated carbocycles. The summed E-state index contributed by atoms with van der Waals surface area (Å²) >= 11 is 0. The Morgan fingerprint density at radius 3 is 1.50 bits per heavy atom. The summed E-state index contributed by atoms with van der Waals surface area (Å²) in [5.41, 5.74) is 11.2. The van der Waals surface area contributed by atoms with Crippen molar-refractivity contribution in [1.82, 2.24) is 0 Å². The third-order valence-electron chi connectivity index (χ3n) is 0.951. The highest BCUT2D eigenvalue weighted by Crippen LogP contribution is 1.98. The molecule has 0 fully saturated rings. The van der Waals surface area contributed by atoms with E-state index in [4.69, 9.17) is 22.0 Å². The Kier molecular flexibility index (Phi) is 3.51. The van der Waals surface area contributed by atoms with Crippen molar-refractivity contribution < 1.29 is 0 Å². The van der Waals surface area contributed by atoms with Crippen molar-refractivity contribution in [2.75, 3.05) is 0 Å². The third kappa shape index (κ3) is 2.58. The van der Waals surface area contributed by atoms with E-state index >= 15 is 0 Å². The molecule has 0 aliphatic heterocycles. The Labute approximate surface area is 59.3 Å². The maximum Gasteiger partial charge on any atom is 0.0764 e. The summed E-state index contributed by atoms with van der Waals surface area (Å²) in [4.78, 5) is 0. The van der Waals surface area contributed by atoms with Crippen LogP contribution in [-0.2, 0) is 0 Å². The van der Waals surface area contributed by atoms with E-state index in [1.165, 1.54) is 0 Å². The molecule has 10 heavy (non-hydrogen) atoms. The van der Waals surface area contributed by atoms with Gasteiger partial charge in [-0.05, 0) is 0 Å². The summed E-state index contributed by atoms with van der Waals surface area (Å²) in [6.45, 7) is 0.